The standard InChI is InChI=1S/C13H18N4/c1-10-5-3-7-13-14-12(15-17(10)13)9-11-6-4-8-16(11)2/h3,5,7,11H,4,6,8-9H2,1-2H3. The fourth-order valence-corrected chi connectivity index (χ4v) is 2.61. The number of aryl methyl sites for hydroxylation is 1. The van der Waals surface area contributed by atoms with Gasteiger partial charge in [-0.15, -0.1) is 0 Å². The minimum Gasteiger partial charge on any atom is -0.303 e. The zero-order chi connectivity index (χ0) is 11.8. The summed E-state index contributed by atoms with van der Waals surface area (Å²) in [5, 5.41) is 4.59. The summed E-state index contributed by atoms with van der Waals surface area (Å²) in [4.78, 5) is 7.01. The van der Waals surface area contributed by atoms with Crippen molar-refractivity contribution in [2.45, 2.75) is 32.2 Å². The molecule has 0 amide bonds. The minimum atomic E-state index is 0.618. The fourth-order valence-electron chi connectivity index (χ4n) is 2.61. The molecule has 0 radical (unpaired) electrons. The molecule has 1 saturated heterocycles. The van der Waals surface area contributed by atoms with Gasteiger partial charge in [-0.3, -0.25) is 0 Å². The first kappa shape index (κ1) is 10.7. The van der Waals surface area contributed by atoms with Gasteiger partial charge in [0.25, 0.3) is 0 Å². The lowest BCUT2D eigenvalue weighted by molar-refractivity contribution is 0.306. The highest BCUT2D eigenvalue weighted by atomic mass is 15.3. The molecule has 3 heterocycles. The quantitative estimate of drug-likeness (QED) is 0.787. The van der Waals surface area contributed by atoms with Crippen LogP contribution in [0, 0.1) is 6.92 Å². The Morgan fingerprint density at radius 1 is 1.41 bits per heavy atom. The SMILES string of the molecule is Cc1cccc2nc(CC3CCCN3C)nn12. The maximum atomic E-state index is 4.60. The van der Waals surface area contributed by atoms with Crippen LogP contribution in [0.1, 0.15) is 24.4 Å². The number of likely N-dealkylation sites (tertiary alicyclic amines) is 1. The van der Waals surface area contributed by atoms with Gasteiger partial charge in [-0.05, 0) is 45.5 Å². The van der Waals surface area contributed by atoms with Crippen LogP contribution in [0.2, 0.25) is 0 Å². The number of likely N-dealkylation sites (N-methyl/N-ethyl adjacent to an activating group) is 1. The van der Waals surface area contributed by atoms with E-state index in [4.69, 9.17) is 0 Å². The Kier molecular flexibility index (Phi) is 2.59. The fraction of sp³-hybridized carbons (Fsp3) is 0.538. The molecule has 3 rings (SSSR count). The van der Waals surface area contributed by atoms with Crippen molar-refractivity contribution < 1.29 is 0 Å². The van der Waals surface area contributed by atoms with Gasteiger partial charge in [0.2, 0.25) is 0 Å². The van der Waals surface area contributed by atoms with Crippen LogP contribution >= 0.6 is 0 Å². The molecule has 2 aromatic heterocycles. The van der Waals surface area contributed by atoms with Gasteiger partial charge >= 0.3 is 0 Å². The monoisotopic (exact) mass is 230 g/mol. The van der Waals surface area contributed by atoms with Crippen molar-refractivity contribution in [1.29, 1.82) is 0 Å². The number of hydrogen-bond acceptors (Lipinski definition) is 3. The number of nitrogens with zero attached hydrogens (tertiary/aromatic N) is 4. The third-order valence-corrected chi connectivity index (χ3v) is 3.68. The van der Waals surface area contributed by atoms with Crippen LogP contribution in [0.25, 0.3) is 5.65 Å². The Bertz CT molecular complexity index is 531. The first-order valence-electron chi connectivity index (χ1n) is 6.25. The highest BCUT2D eigenvalue weighted by molar-refractivity contribution is 5.38. The lowest BCUT2D eigenvalue weighted by atomic mass is 10.1. The second kappa shape index (κ2) is 4.11. The van der Waals surface area contributed by atoms with E-state index in [2.05, 4.69) is 35.0 Å². The van der Waals surface area contributed by atoms with Crippen molar-refractivity contribution >= 4 is 5.65 Å². The molecule has 1 atom stereocenters. The average Bonchev–Trinajstić information content (AvgIpc) is 2.87. The van der Waals surface area contributed by atoms with E-state index in [0.29, 0.717) is 6.04 Å². The Morgan fingerprint density at radius 2 is 2.29 bits per heavy atom. The predicted octanol–water partition coefficient (Wildman–Crippen LogP) is 1.67. The minimum absolute atomic E-state index is 0.618. The zero-order valence-electron chi connectivity index (χ0n) is 10.4. The van der Waals surface area contributed by atoms with E-state index in [1.165, 1.54) is 19.4 Å². The van der Waals surface area contributed by atoms with E-state index >= 15 is 0 Å². The maximum Gasteiger partial charge on any atom is 0.155 e. The van der Waals surface area contributed by atoms with Crippen molar-refractivity contribution in [3.05, 3.63) is 29.7 Å². The molecule has 1 aliphatic heterocycles. The first-order valence-corrected chi connectivity index (χ1v) is 6.25. The average molecular weight is 230 g/mol. The lowest BCUT2D eigenvalue weighted by Crippen LogP contribution is -2.27. The van der Waals surface area contributed by atoms with Gasteiger partial charge in [-0.2, -0.15) is 5.10 Å². The normalized spacial score (nSPS) is 21.4. The van der Waals surface area contributed by atoms with E-state index in [1.54, 1.807) is 0 Å². The molecule has 1 fully saturated rings. The summed E-state index contributed by atoms with van der Waals surface area (Å²) in [7, 11) is 2.19. The molecule has 0 spiro atoms. The summed E-state index contributed by atoms with van der Waals surface area (Å²) in [6, 6.07) is 6.73. The van der Waals surface area contributed by atoms with Gasteiger partial charge in [-0.25, -0.2) is 9.50 Å². The Balaban J connectivity index is 1.88. The highest BCUT2D eigenvalue weighted by Crippen LogP contribution is 2.18. The second-order valence-electron chi connectivity index (χ2n) is 4.95. The van der Waals surface area contributed by atoms with Gasteiger partial charge in [0.15, 0.2) is 11.5 Å². The summed E-state index contributed by atoms with van der Waals surface area (Å²) < 4.78 is 1.93. The smallest absolute Gasteiger partial charge is 0.155 e. The van der Waals surface area contributed by atoms with E-state index < -0.39 is 0 Å². The summed E-state index contributed by atoms with van der Waals surface area (Å²) in [5.74, 6) is 0.970. The molecule has 4 heteroatoms. The van der Waals surface area contributed by atoms with Crippen molar-refractivity contribution in [1.82, 2.24) is 19.5 Å². The van der Waals surface area contributed by atoms with Crippen molar-refractivity contribution in [2.75, 3.05) is 13.6 Å². The first-order chi connectivity index (χ1) is 8.24. The highest BCUT2D eigenvalue weighted by Gasteiger charge is 2.22. The van der Waals surface area contributed by atoms with E-state index in [-0.39, 0.29) is 0 Å². The molecule has 17 heavy (non-hydrogen) atoms. The number of fused-ring (bicyclic) bond motifs is 1. The van der Waals surface area contributed by atoms with E-state index in [0.717, 1.165) is 23.6 Å². The lowest BCUT2D eigenvalue weighted by Gasteiger charge is -2.17. The summed E-state index contributed by atoms with van der Waals surface area (Å²) in [6.07, 6.45) is 3.54. The molecule has 2 aromatic rings. The van der Waals surface area contributed by atoms with E-state index in [9.17, 15) is 0 Å². The van der Waals surface area contributed by atoms with Crippen molar-refractivity contribution in [3.63, 3.8) is 0 Å². The summed E-state index contributed by atoms with van der Waals surface area (Å²) in [5.41, 5.74) is 2.10. The molecule has 1 aliphatic rings. The number of aromatic nitrogens is 3. The predicted molar refractivity (Wildman–Crippen MR) is 67.1 cm³/mol. The van der Waals surface area contributed by atoms with Crippen LogP contribution in [0.15, 0.2) is 18.2 Å². The molecule has 0 bridgehead atoms. The van der Waals surface area contributed by atoms with Crippen LogP contribution < -0.4 is 0 Å². The number of pyridine rings is 1. The third-order valence-electron chi connectivity index (χ3n) is 3.68. The summed E-state index contributed by atoms with van der Waals surface area (Å²) >= 11 is 0. The van der Waals surface area contributed by atoms with Gasteiger partial charge < -0.3 is 4.90 Å². The molecular weight excluding hydrogens is 212 g/mol. The van der Waals surface area contributed by atoms with Crippen LogP contribution in [0.3, 0.4) is 0 Å². The molecule has 0 saturated carbocycles. The number of hydrogen-bond donors (Lipinski definition) is 0. The zero-order valence-corrected chi connectivity index (χ0v) is 10.4. The van der Waals surface area contributed by atoms with Gasteiger partial charge in [0.1, 0.15) is 0 Å². The molecule has 1 unspecified atom stereocenters. The van der Waals surface area contributed by atoms with Gasteiger partial charge in [0.05, 0.1) is 0 Å². The molecular formula is C13H18N4. The topological polar surface area (TPSA) is 33.4 Å². The van der Waals surface area contributed by atoms with E-state index in [1.807, 2.05) is 16.6 Å². The third kappa shape index (κ3) is 1.93. The molecule has 4 nitrogen and oxygen atoms in total. The Hall–Kier alpha value is -1.42. The second-order valence-corrected chi connectivity index (χ2v) is 4.95. The van der Waals surface area contributed by atoms with Crippen LogP contribution in [0.4, 0.5) is 0 Å². The Labute approximate surface area is 101 Å². The molecule has 90 valence electrons. The van der Waals surface area contributed by atoms with Crippen LogP contribution in [-0.2, 0) is 6.42 Å². The molecule has 0 N–H and O–H groups in total. The summed E-state index contributed by atoms with van der Waals surface area (Å²) in [6.45, 7) is 3.27. The molecule has 0 aromatic carbocycles. The molecule has 0 aliphatic carbocycles. The van der Waals surface area contributed by atoms with Crippen molar-refractivity contribution in [2.24, 2.45) is 0 Å². The van der Waals surface area contributed by atoms with Crippen LogP contribution in [0.5, 0.6) is 0 Å². The largest absolute Gasteiger partial charge is 0.303 e. The van der Waals surface area contributed by atoms with Gasteiger partial charge in [-0.1, -0.05) is 6.07 Å². The number of rotatable bonds is 2. The van der Waals surface area contributed by atoms with Crippen LogP contribution in [-0.4, -0.2) is 39.1 Å². The van der Waals surface area contributed by atoms with Crippen molar-refractivity contribution in [3.8, 4) is 0 Å². The maximum absolute atomic E-state index is 4.60. The van der Waals surface area contributed by atoms with Gasteiger partial charge in [0, 0.05) is 18.2 Å². The Morgan fingerprint density at radius 3 is 3.00 bits per heavy atom.